The van der Waals surface area contributed by atoms with Crippen molar-refractivity contribution in [2.24, 2.45) is 0 Å². The second-order valence-corrected chi connectivity index (χ2v) is 6.23. The monoisotopic (exact) mass is 300 g/mol. The van der Waals surface area contributed by atoms with Crippen molar-refractivity contribution < 1.29 is 4.74 Å². The standard InChI is InChI=1S/C17H24N4O/c1-12-19-15(10-16(20-12)21-17(2,3)4)18-11-13-8-6-7-9-14(13)22-5/h6-10H,11H2,1-5H3,(H2,18,19,20,21). The van der Waals surface area contributed by atoms with Gasteiger partial charge in [-0.25, -0.2) is 9.97 Å². The van der Waals surface area contributed by atoms with Gasteiger partial charge in [0.2, 0.25) is 0 Å². The topological polar surface area (TPSA) is 59.1 Å². The third-order valence-electron chi connectivity index (χ3n) is 2.99. The lowest BCUT2D eigenvalue weighted by Crippen LogP contribution is -2.27. The molecule has 2 N–H and O–H groups in total. The zero-order valence-electron chi connectivity index (χ0n) is 13.9. The van der Waals surface area contributed by atoms with Crippen LogP contribution in [-0.4, -0.2) is 22.6 Å². The predicted octanol–water partition coefficient (Wildman–Crippen LogP) is 3.62. The summed E-state index contributed by atoms with van der Waals surface area (Å²) >= 11 is 0. The van der Waals surface area contributed by atoms with Gasteiger partial charge in [-0.2, -0.15) is 0 Å². The molecule has 2 aromatic rings. The number of anilines is 2. The SMILES string of the molecule is COc1ccccc1CNc1cc(NC(C)(C)C)nc(C)n1. The number of para-hydroxylation sites is 1. The lowest BCUT2D eigenvalue weighted by Gasteiger charge is -2.22. The van der Waals surface area contributed by atoms with Gasteiger partial charge in [0.1, 0.15) is 23.2 Å². The first-order valence-electron chi connectivity index (χ1n) is 7.37. The highest BCUT2D eigenvalue weighted by Crippen LogP contribution is 2.20. The summed E-state index contributed by atoms with van der Waals surface area (Å²) < 4.78 is 5.36. The Labute approximate surface area is 132 Å². The predicted molar refractivity (Wildman–Crippen MR) is 90.5 cm³/mol. The normalized spacial score (nSPS) is 11.1. The molecule has 5 nitrogen and oxygen atoms in total. The Morgan fingerprint density at radius 2 is 1.77 bits per heavy atom. The molecule has 0 bridgehead atoms. The molecular formula is C17H24N4O. The van der Waals surface area contributed by atoms with Gasteiger partial charge < -0.3 is 15.4 Å². The summed E-state index contributed by atoms with van der Waals surface area (Å²) in [5, 5.41) is 6.70. The number of hydrogen-bond donors (Lipinski definition) is 2. The fourth-order valence-corrected chi connectivity index (χ4v) is 2.14. The van der Waals surface area contributed by atoms with Crippen LogP contribution < -0.4 is 15.4 Å². The van der Waals surface area contributed by atoms with E-state index in [9.17, 15) is 0 Å². The van der Waals surface area contributed by atoms with Crippen LogP contribution >= 0.6 is 0 Å². The summed E-state index contributed by atoms with van der Waals surface area (Å²) in [5.74, 6) is 3.22. The van der Waals surface area contributed by atoms with E-state index in [1.54, 1.807) is 7.11 Å². The average molecular weight is 300 g/mol. The molecule has 1 aromatic carbocycles. The number of benzene rings is 1. The largest absolute Gasteiger partial charge is 0.496 e. The van der Waals surface area contributed by atoms with E-state index in [4.69, 9.17) is 4.74 Å². The smallest absolute Gasteiger partial charge is 0.132 e. The minimum absolute atomic E-state index is 0.0410. The van der Waals surface area contributed by atoms with Crippen LogP contribution in [0, 0.1) is 6.92 Å². The average Bonchev–Trinajstić information content (AvgIpc) is 2.43. The van der Waals surface area contributed by atoms with E-state index < -0.39 is 0 Å². The van der Waals surface area contributed by atoms with Crippen LogP contribution in [0.1, 0.15) is 32.2 Å². The molecule has 0 aliphatic carbocycles. The maximum Gasteiger partial charge on any atom is 0.132 e. The summed E-state index contributed by atoms with van der Waals surface area (Å²) in [6.07, 6.45) is 0. The Balaban J connectivity index is 2.13. The quantitative estimate of drug-likeness (QED) is 0.883. The fraction of sp³-hybridized carbons (Fsp3) is 0.412. The summed E-state index contributed by atoms with van der Waals surface area (Å²) in [7, 11) is 1.68. The Morgan fingerprint density at radius 1 is 1.09 bits per heavy atom. The summed E-state index contributed by atoms with van der Waals surface area (Å²) in [4.78, 5) is 8.85. The lowest BCUT2D eigenvalue weighted by atomic mass is 10.1. The van der Waals surface area contributed by atoms with Crippen molar-refractivity contribution in [3.8, 4) is 5.75 Å². The molecule has 0 unspecified atom stereocenters. The number of nitrogens with zero attached hydrogens (tertiary/aromatic N) is 2. The van der Waals surface area contributed by atoms with Gasteiger partial charge >= 0.3 is 0 Å². The molecule has 0 aliphatic rings. The summed E-state index contributed by atoms with van der Waals surface area (Å²) in [6, 6.07) is 9.87. The third-order valence-corrected chi connectivity index (χ3v) is 2.99. The van der Waals surface area contributed by atoms with Crippen LogP contribution in [0.3, 0.4) is 0 Å². The van der Waals surface area contributed by atoms with Crippen LogP contribution in [0.4, 0.5) is 11.6 Å². The van der Waals surface area contributed by atoms with Gasteiger partial charge in [-0.1, -0.05) is 18.2 Å². The van der Waals surface area contributed by atoms with Gasteiger partial charge in [0.25, 0.3) is 0 Å². The molecule has 5 heteroatoms. The van der Waals surface area contributed by atoms with Crippen molar-refractivity contribution in [2.75, 3.05) is 17.7 Å². The van der Waals surface area contributed by atoms with Gasteiger partial charge in [-0.3, -0.25) is 0 Å². The number of ether oxygens (including phenoxy) is 1. The maximum absolute atomic E-state index is 5.36. The Bertz CT molecular complexity index is 635. The van der Waals surface area contributed by atoms with Crippen molar-refractivity contribution in [3.05, 3.63) is 41.7 Å². The number of methoxy groups -OCH3 is 1. The number of rotatable bonds is 5. The lowest BCUT2D eigenvalue weighted by molar-refractivity contribution is 0.410. The van der Waals surface area contributed by atoms with Crippen molar-refractivity contribution in [3.63, 3.8) is 0 Å². The second-order valence-electron chi connectivity index (χ2n) is 6.23. The van der Waals surface area contributed by atoms with Gasteiger partial charge in [0.05, 0.1) is 7.11 Å². The van der Waals surface area contributed by atoms with E-state index in [1.807, 2.05) is 37.3 Å². The van der Waals surface area contributed by atoms with E-state index in [0.29, 0.717) is 6.54 Å². The fourth-order valence-electron chi connectivity index (χ4n) is 2.14. The molecule has 0 saturated carbocycles. The molecule has 2 rings (SSSR count). The minimum atomic E-state index is -0.0410. The Morgan fingerprint density at radius 3 is 2.45 bits per heavy atom. The highest BCUT2D eigenvalue weighted by molar-refractivity contribution is 5.49. The third kappa shape index (κ3) is 4.62. The zero-order valence-corrected chi connectivity index (χ0v) is 13.9. The zero-order chi connectivity index (χ0) is 16.2. The molecular weight excluding hydrogens is 276 g/mol. The highest BCUT2D eigenvalue weighted by Gasteiger charge is 2.11. The first-order chi connectivity index (χ1) is 10.4. The van der Waals surface area contributed by atoms with Crippen LogP contribution in [-0.2, 0) is 6.54 Å². The summed E-state index contributed by atoms with van der Waals surface area (Å²) in [6.45, 7) is 8.85. The van der Waals surface area contributed by atoms with Gasteiger partial charge in [-0.15, -0.1) is 0 Å². The molecule has 0 atom stereocenters. The van der Waals surface area contributed by atoms with Gasteiger partial charge in [-0.05, 0) is 33.8 Å². The molecule has 22 heavy (non-hydrogen) atoms. The maximum atomic E-state index is 5.36. The van der Waals surface area contributed by atoms with E-state index >= 15 is 0 Å². The first kappa shape index (κ1) is 16.1. The van der Waals surface area contributed by atoms with E-state index in [1.165, 1.54) is 0 Å². The number of hydrogen-bond acceptors (Lipinski definition) is 5. The van der Waals surface area contributed by atoms with Gasteiger partial charge in [0.15, 0.2) is 0 Å². The Hall–Kier alpha value is -2.30. The van der Waals surface area contributed by atoms with Crippen molar-refractivity contribution in [2.45, 2.75) is 39.8 Å². The number of nitrogens with one attached hydrogen (secondary N) is 2. The van der Waals surface area contributed by atoms with Crippen LogP contribution in [0.15, 0.2) is 30.3 Å². The summed E-state index contributed by atoms with van der Waals surface area (Å²) in [5.41, 5.74) is 1.05. The first-order valence-corrected chi connectivity index (χ1v) is 7.37. The molecule has 0 aliphatic heterocycles. The second kappa shape index (κ2) is 6.64. The van der Waals surface area contributed by atoms with E-state index in [0.717, 1.165) is 28.8 Å². The molecule has 118 valence electrons. The highest BCUT2D eigenvalue weighted by atomic mass is 16.5. The minimum Gasteiger partial charge on any atom is -0.496 e. The molecule has 0 amide bonds. The van der Waals surface area contributed by atoms with E-state index in [-0.39, 0.29) is 5.54 Å². The Kier molecular flexibility index (Phi) is 4.85. The van der Waals surface area contributed by atoms with E-state index in [2.05, 4.69) is 41.4 Å². The molecule has 1 heterocycles. The van der Waals surface area contributed by atoms with Crippen molar-refractivity contribution in [1.82, 2.24) is 9.97 Å². The van der Waals surface area contributed by atoms with Crippen molar-refractivity contribution in [1.29, 1.82) is 0 Å². The van der Waals surface area contributed by atoms with Gasteiger partial charge in [0, 0.05) is 23.7 Å². The van der Waals surface area contributed by atoms with Crippen molar-refractivity contribution >= 4 is 11.6 Å². The molecule has 0 fully saturated rings. The van der Waals surface area contributed by atoms with Crippen LogP contribution in [0.2, 0.25) is 0 Å². The number of aromatic nitrogens is 2. The molecule has 1 aromatic heterocycles. The van der Waals surface area contributed by atoms with Crippen LogP contribution in [0.5, 0.6) is 5.75 Å². The van der Waals surface area contributed by atoms with Crippen LogP contribution in [0.25, 0.3) is 0 Å². The molecule has 0 saturated heterocycles. The molecule has 0 radical (unpaired) electrons. The molecule has 0 spiro atoms. The number of aryl methyl sites for hydroxylation is 1.